The number of carboxylic acid groups (broad SMARTS) is 1. The molecule has 4 N–H and O–H groups in total. The van der Waals surface area contributed by atoms with Gasteiger partial charge in [0.2, 0.25) is 11.8 Å². The zero-order valence-electron chi connectivity index (χ0n) is 23.4. The lowest BCUT2D eigenvalue weighted by molar-refractivity contribution is -0.192. The monoisotopic (exact) mass is 630 g/mol. The van der Waals surface area contributed by atoms with Crippen molar-refractivity contribution in [2.24, 2.45) is 11.7 Å². The third-order valence-corrected chi connectivity index (χ3v) is 7.55. The summed E-state index contributed by atoms with van der Waals surface area (Å²) in [6.07, 6.45) is -6.41. The van der Waals surface area contributed by atoms with E-state index in [9.17, 15) is 40.7 Å². The molecule has 2 aliphatic rings. The molecule has 3 amide bonds. The SMILES string of the molecule is NC(=O)[C@@H](NC(=O)[C@H]1CCCC[C@@H]1N1CCN(C(=O)c2ccccc2C(F)(F)F)CC1)c1ccccc1.O=C(O)C(F)(F)F. The Hall–Kier alpha value is -4.14. The number of carbonyl (C=O) groups is 4. The minimum Gasteiger partial charge on any atom is -0.475 e. The van der Waals surface area contributed by atoms with Crippen molar-refractivity contribution in [3.63, 3.8) is 0 Å². The predicted molar refractivity (Wildman–Crippen MR) is 145 cm³/mol. The van der Waals surface area contributed by atoms with Gasteiger partial charge in [-0.2, -0.15) is 26.3 Å². The van der Waals surface area contributed by atoms with Crippen molar-refractivity contribution in [1.29, 1.82) is 0 Å². The average Bonchev–Trinajstić information content (AvgIpc) is 2.99. The molecule has 15 heteroatoms. The molecule has 2 aromatic carbocycles. The summed E-state index contributed by atoms with van der Waals surface area (Å²) in [5.74, 6) is -4.63. The van der Waals surface area contributed by atoms with Crippen LogP contribution in [0.3, 0.4) is 0 Å². The van der Waals surface area contributed by atoms with Crippen LogP contribution >= 0.6 is 0 Å². The summed E-state index contributed by atoms with van der Waals surface area (Å²) >= 11 is 0. The number of nitrogens with zero attached hydrogens (tertiary/aromatic N) is 2. The van der Waals surface area contributed by atoms with E-state index in [1.165, 1.54) is 23.1 Å². The number of primary amides is 1. The number of alkyl halides is 6. The number of nitrogens with two attached hydrogens (primary N) is 1. The van der Waals surface area contributed by atoms with Gasteiger partial charge in [-0.3, -0.25) is 19.3 Å². The van der Waals surface area contributed by atoms with Crippen molar-refractivity contribution < 1.29 is 50.6 Å². The molecule has 2 aromatic rings. The Kier molecular flexibility index (Phi) is 11.4. The molecule has 4 rings (SSSR count). The Morgan fingerprint density at radius 3 is 1.93 bits per heavy atom. The zero-order chi connectivity index (χ0) is 32.7. The highest BCUT2D eigenvalue weighted by molar-refractivity contribution is 5.96. The third-order valence-electron chi connectivity index (χ3n) is 7.55. The number of aliphatic carboxylic acids is 1. The molecular formula is C29H32F6N4O5. The summed E-state index contributed by atoms with van der Waals surface area (Å²) in [7, 11) is 0. The number of amides is 3. The Balaban J connectivity index is 0.000000676. The van der Waals surface area contributed by atoms with Gasteiger partial charge in [-0.1, -0.05) is 55.3 Å². The van der Waals surface area contributed by atoms with E-state index < -0.39 is 41.7 Å². The Morgan fingerprint density at radius 1 is 0.841 bits per heavy atom. The topological polar surface area (TPSA) is 133 Å². The van der Waals surface area contributed by atoms with Crippen molar-refractivity contribution in [2.45, 2.75) is 50.1 Å². The van der Waals surface area contributed by atoms with Gasteiger partial charge in [0, 0.05) is 32.2 Å². The fraction of sp³-hybridized carbons (Fsp3) is 0.448. The van der Waals surface area contributed by atoms with Crippen molar-refractivity contribution in [3.8, 4) is 0 Å². The van der Waals surface area contributed by atoms with Crippen LogP contribution in [0, 0.1) is 5.92 Å². The van der Waals surface area contributed by atoms with E-state index in [1.54, 1.807) is 24.3 Å². The van der Waals surface area contributed by atoms with Gasteiger partial charge < -0.3 is 21.1 Å². The van der Waals surface area contributed by atoms with Gasteiger partial charge in [0.1, 0.15) is 6.04 Å². The van der Waals surface area contributed by atoms with E-state index in [0.29, 0.717) is 25.1 Å². The van der Waals surface area contributed by atoms with Gasteiger partial charge in [-0.25, -0.2) is 4.79 Å². The Labute approximate surface area is 249 Å². The average molecular weight is 631 g/mol. The second-order valence-corrected chi connectivity index (χ2v) is 10.4. The van der Waals surface area contributed by atoms with Crippen LogP contribution in [-0.4, -0.2) is 77.0 Å². The van der Waals surface area contributed by atoms with Crippen LogP contribution in [0.15, 0.2) is 54.6 Å². The quantitative estimate of drug-likeness (QED) is 0.414. The minimum atomic E-state index is -5.08. The highest BCUT2D eigenvalue weighted by Gasteiger charge is 2.40. The predicted octanol–water partition coefficient (Wildman–Crippen LogP) is 4.00. The number of rotatable bonds is 6. The fourth-order valence-corrected chi connectivity index (χ4v) is 5.41. The van der Waals surface area contributed by atoms with E-state index in [4.69, 9.17) is 15.6 Å². The molecule has 1 heterocycles. The molecule has 1 aliphatic heterocycles. The Bertz CT molecular complexity index is 1310. The molecule has 0 bridgehead atoms. The minimum absolute atomic E-state index is 0.0854. The molecule has 1 saturated heterocycles. The number of hydrogen-bond acceptors (Lipinski definition) is 5. The van der Waals surface area contributed by atoms with Gasteiger partial charge in [0.25, 0.3) is 5.91 Å². The number of benzene rings is 2. The third kappa shape index (κ3) is 8.94. The lowest BCUT2D eigenvalue weighted by atomic mass is 9.82. The second kappa shape index (κ2) is 14.6. The molecule has 44 heavy (non-hydrogen) atoms. The van der Waals surface area contributed by atoms with Crippen molar-refractivity contribution >= 4 is 23.7 Å². The Morgan fingerprint density at radius 2 is 1.39 bits per heavy atom. The molecule has 2 fully saturated rings. The number of hydrogen-bond donors (Lipinski definition) is 3. The van der Waals surface area contributed by atoms with Crippen molar-refractivity contribution in [2.75, 3.05) is 26.2 Å². The first-order valence-corrected chi connectivity index (χ1v) is 13.8. The number of piperazine rings is 1. The molecule has 0 aromatic heterocycles. The molecule has 3 atom stereocenters. The summed E-state index contributed by atoms with van der Waals surface area (Å²) in [6, 6.07) is 12.6. The first kappa shape index (κ1) is 34.4. The van der Waals surface area contributed by atoms with Crippen molar-refractivity contribution in [3.05, 3.63) is 71.3 Å². The molecule has 0 spiro atoms. The van der Waals surface area contributed by atoms with Crippen LogP contribution in [0.2, 0.25) is 0 Å². The summed E-state index contributed by atoms with van der Waals surface area (Å²) in [6.45, 7) is 1.44. The molecule has 0 radical (unpaired) electrons. The normalized spacial score (nSPS) is 20.1. The van der Waals surface area contributed by atoms with Crippen LogP contribution < -0.4 is 11.1 Å². The van der Waals surface area contributed by atoms with Crippen molar-refractivity contribution in [1.82, 2.24) is 15.1 Å². The van der Waals surface area contributed by atoms with Gasteiger partial charge in [-0.15, -0.1) is 0 Å². The summed E-state index contributed by atoms with van der Waals surface area (Å²) in [5, 5.41) is 9.95. The van der Waals surface area contributed by atoms with Crippen LogP contribution in [0.5, 0.6) is 0 Å². The van der Waals surface area contributed by atoms with Crippen LogP contribution in [0.25, 0.3) is 0 Å². The summed E-state index contributed by atoms with van der Waals surface area (Å²) < 4.78 is 71.9. The second-order valence-electron chi connectivity index (χ2n) is 10.4. The van der Waals surface area contributed by atoms with E-state index in [-0.39, 0.29) is 36.5 Å². The lowest BCUT2D eigenvalue weighted by Crippen LogP contribution is -2.56. The fourth-order valence-electron chi connectivity index (χ4n) is 5.41. The van der Waals surface area contributed by atoms with E-state index in [2.05, 4.69) is 10.2 Å². The summed E-state index contributed by atoms with van der Waals surface area (Å²) in [5.41, 5.74) is 4.91. The van der Waals surface area contributed by atoms with Crippen LogP contribution in [0.4, 0.5) is 26.3 Å². The maximum Gasteiger partial charge on any atom is 0.490 e. The first-order valence-electron chi connectivity index (χ1n) is 13.8. The molecular weight excluding hydrogens is 598 g/mol. The van der Waals surface area contributed by atoms with Gasteiger partial charge in [0.05, 0.1) is 17.0 Å². The number of nitrogens with one attached hydrogen (secondary N) is 1. The zero-order valence-corrected chi connectivity index (χ0v) is 23.4. The van der Waals surface area contributed by atoms with Gasteiger partial charge >= 0.3 is 18.3 Å². The van der Waals surface area contributed by atoms with Gasteiger partial charge in [0.15, 0.2) is 0 Å². The smallest absolute Gasteiger partial charge is 0.475 e. The molecule has 0 unspecified atom stereocenters. The van der Waals surface area contributed by atoms with E-state index in [1.807, 2.05) is 6.07 Å². The molecule has 9 nitrogen and oxygen atoms in total. The van der Waals surface area contributed by atoms with E-state index >= 15 is 0 Å². The largest absolute Gasteiger partial charge is 0.490 e. The van der Waals surface area contributed by atoms with Crippen LogP contribution in [0.1, 0.15) is 53.2 Å². The van der Waals surface area contributed by atoms with Gasteiger partial charge in [-0.05, 0) is 30.5 Å². The number of carbonyl (C=O) groups excluding carboxylic acids is 3. The lowest BCUT2D eigenvalue weighted by Gasteiger charge is -2.44. The highest BCUT2D eigenvalue weighted by Crippen LogP contribution is 2.33. The number of carboxylic acids is 1. The van der Waals surface area contributed by atoms with E-state index in [0.717, 1.165) is 25.3 Å². The number of halogens is 6. The standard InChI is InChI=1S/C27H31F3N4O3.C2HF3O2/c28-27(29,30)21-12-6-4-10-19(21)26(37)34-16-14-33(15-17-34)22-13-7-5-11-20(22)25(36)32-23(24(31)35)18-8-2-1-3-9-18;3-2(4,5)1(6)7/h1-4,6,8-10,12,20,22-23H,5,7,11,13-17H2,(H2,31,35)(H,32,36);(H,6,7)/t20-,22-,23-;/m0./s1. The highest BCUT2D eigenvalue weighted by atomic mass is 19.4. The molecule has 240 valence electrons. The summed E-state index contributed by atoms with van der Waals surface area (Å²) in [4.78, 5) is 50.8. The first-order chi connectivity index (χ1) is 20.6. The maximum absolute atomic E-state index is 13.4. The molecule has 1 saturated carbocycles. The maximum atomic E-state index is 13.4. The van der Waals surface area contributed by atoms with Crippen LogP contribution in [-0.2, 0) is 20.6 Å². The molecule has 1 aliphatic carbocycles.